The van der Waals surface area contributed by atoms with Crippen molar-refractivity contribution in [2.45, 2.75) is 180 Å². The molecule has 146 heavy (non-hydrogen) atoms. The maximum absolute atomic E-state index is 14.3. The number of carbonyl (C=O) groups is 5. The highest BCUT2D eigenvalue weighted by Crippen LogP contribution is 2.50. The lowest BCUT2D eigenvalue weighted by atomic mass is 9.92. The van der Waals surface area contributed by atoms with Crippen molar-refractivity contribution in [3.05, 3.63) is 189 Å². The van der Waals surface area contributed by atoms with Gasteiger partial charge in [0.05, 0.1) is 123 Å². The SMILES string of the molecule is CC(=O)N1CCc2c(c(N3CCCc4cc(-c5cccnc5)c(C#N)cc43)nn2C2CCOCC2)C1.CC(=O)N1CCc2c(c(N3CCOc4cc(-c5cnn(C)c5)c(C(F)F)cc43)nn2C2CCOCC2)C1.CNC(=O)N1CCc2c(c(N3CCOc4cc(-c5cnn(C)c5)ncc43)nn2C2CCOCC2)C1.CNC(=O)c1ccc(-c2cc3c(cn2)N(c2nn(C4CCOCC4)c4c2CN(C(C)=O)CC4)CCC3)cn1. The first kappa shape index (κ1) is 97.5. The fourth-order valence-electron chi connectivity index (χ4n) is 22.6. The molecule has 0 bridgehead atoms. The number of hydrogen-bond donors (Lipinski definition) is 2. The first-order valence-corrected chi connectivity index (χ1v) is 51.1. The molecule has 0 radical (unpaired) electrons. The van der Waals surface area contributed by atoms with Crippen LogP contribution in [0.4, 0.5) is 59.6 Å². The Morgan fingerprint density at radius 2 is 0.870 bits per heavy atom. The van der Waals surface area contributed by atoms with Crippen LogP contribution in [0.15, 0.2) is 116 Å². The number of hydrogen-bond acceptors (Lipinski definition) is 26. The summed E-state index contributed by atoms with van der Waals surface area (Å²) >= 11 is 0. The number of nitriles is 1. The molecule has 6 amide bonds. The zero-order chi connectivity index (χ0) is 100. The van der Waals surface area contributed by atoms with Gasteiger partial charge in [0.25, 0.3) is 12.3 Å². The number of halogens is 2. The number of anilines is 8. The Balaban J connectivity index is 0.000000114. The van der Waals surface area contributed by atoms with E-state index in [0.717, 1.165) is 264 Å². The molecule has 12 aliphatic rings. The maximum Gasteiger partial charge on any atom is 0.317 e. The second-order valence-corrected chi connectivity index (χ2v) is 39.1. The Hall–Kier alpha value is -14.6. The van der Waals surface area contributed by atoms with Gasteiger partial charge in [-0.25, -0.2) is 13.6 Å². The van der Waals surface area contributed by atoms with Crippen LogP contribution in [0.25, 0.3) is 44.8 Å². The standard InChI is InChI=1S/C28H33N7O3.C28H30N6O2.C26H30F2N6O3.C24H30N8O3/c1-18(36)33-11-7-25-22(17-33)27(32-35(25)21-8-12-38-13-9-21)34-10-3-4-19-14-24(31-16-26(19)34)20-5-6-23(30-15-20)28(37)29-2;1-19(35)32-11-6-26-25(18-32)28(31-34(26)23-7-12-36-13-8-23)33-10-3-5-20-14-24(21-4-2-9-30-17-21)22(16-29)15-27(20)33;1-16(35)32-6-3-22-21(15-32)26(30-34(22)18-4-8-36-9-5-18)33-7-10-37-24-12-19(17-13-29-31(2)14-17)20(25(27)28)11-23(24)33;1-25-24(33)30-6-3-20-18(15-30)23(28-32(20)17-4-8-34-9-5-17)31-7-10-35-22-11-19(26-13-21(22)31)16-12-27-29(2)14-16/h5-6,14-16,21H,3-4,7-13,17H2,1-2H3,(H,29,37);2,4,9,14-15,17,23H,3,5-8,10-13,18H2,1H3;11-14,18,25H,3-10,15H2,1-2H3;11-14,17H,3-10,15H2,1-2H3,(H,25,33). The van der Waals surface area contributed by atoms with Crippen LogP contribution in [0.2, 0.25) is 0 Å². The lowest BCUT2D eigenvalue weighted by Crippen LogP contribution is -2.42. The molecule has 0 atom stereocenters. The Morgan fingerprint density at radius 1 is 0.425 bits per heavy atom. The Kier molecular flexibility index (Phi) is 28.5. The zero-order valence-electron chi connectivity index (χ0n) is 83.7. The molecule has 0 spiro atoms. The summed E-state index contributed by atoms with van der Waals surface area (Å²) in [6.07, 6.45) is 27.9. The largest absolute Gasteiger partial charge is 0.490 e. The molecule has 2 N–H and O–H groups in total. The second-order valence-electron chi connectivity index (χ2n) is 39.1. The molecular weight excluding hydrogens is 1870 g/mol. The topological polar surface area (TPSA) is 373 Å². The molecule has 4 saturated heterocycles. The third kappa shape index (κ3) is 19.7. The summed E-state index contributed by atoms with van der Waals surface area (Å²) in [7, 11) is 6.91. The van der Waals surface area contributed by atoms with E-state index in [1.54, 1.807) is 94.4 Å². The Bertz CT molecular complexity index is 6900. The van der Waals surface area contributed by atoms with Gasteiger partial charge in [-0.15, -0.1) is 0 Å². The fourth-order valence-corrected chi connectivity index (χ4v) is 22.6. The molecule has 4 fully saturated rings. The van der Waals surface area contributed by atoms with E-state index in [4.69, 9.17) is 58.8 Å². The lowest BCUT2D eigenvalue weighted by Gasteiger charge is -2.33. The number of urea groups is 1. The van der Waals surface area contributed by atoms with Crippen LogP contribution < -0.4 is 39.7 Å². The summed E-state index contributed by atoms with van der Waals surface area (Å²) in [6, 6.07) is 22.5. The number of fused-ring (bicyclic) bond motifs is 8. The van der Waals surface area contributed by atoms with Crippen LogP contribution in [0.5, 0.6) is 11.5 Å². The third-order valence-electron chi connectivity index (χ3n) is 30.3. The van der Waals surface area contributed by atoms with Crippen LogP contribution in [-0.4, -0.2) is 260 Å². The summed E-state index contributed by atoms with van der Waals surface area (Å²) in [5, 5.41) is 44.5. The molecule has 12 aromatic rings. The number of ether oxygens (including phenoxy) is 6. The van der Waals surface area contributed by atoms with Gasteiger partial charge in [0.1, 0.15) is 36.1 Å². The monoisotopic (exact) mass is 1990 g/mol. The van der Waals surface area contributed by atoms with Crippen LogP contribution in [0, 0.1) is 11.3 Å². The van der Waals surface area contributed by atoms with E-state index < -0.39 is 6.43 Å². The molecular formula is C106H123F2N27O11. The molecule has 0 saturated carbocycles. The molecule has 0 aliphatic carbocycles. The molecule has 2 aromatic carbocycles. The third-order valence-corrected chi connectivity index (χ3v) is 30.3. The molecule has 12 aliphatic heterocycles. The van der Waals surface area contributed by atoms with Gasteiger partial charge in [-0.1, -0.05) is 6.07 Å². The number of amides is 6. The summed E-state index contributed by atoms with van der Waals surface area (Å²) in [5.41, 5.74) is 22.5. The van der Waals surface area contributed by atoms with Gasteiger partial charge in [-0.3, -0.25) is 67.2 Å². The maximum atomic E-state index is 14.3. The minimum absolute atomic E-state index is 0.0129. The van der Waals surface area contributed by atoms with E-state index in [-0.39, 0.29) is 41.3 Å². The van der Waals surface area contributed by atoms with Gasteiger partial charge < -0.3 is 78.3 Å². The van der Waals surface area contributed by atoms with Crippen molar-refractivity contribution in [1.82, 2.24) is 109 Å². The quantitative estimate of drug-likeness (QED) is 0.102. The van der Waals surface area contributed by atoms with E-state index in [1.807, 2.05) is 86.7 Å². The average molecular weight is 1990 g/mol. The molecule has 38 nitrogen and oxygen atoms in total. The smallest absolute Gasteiger partial charge is 0.317 e. The van der Waals surface area contributed by atoms with Crippen molar-refractivity contribution in [3.8, 4) is 62.3 Å². The molecule has 0 unspecified atom stereocenters. The van der Waals surface area contributed by atoms with Crippen LogP contribution >= 0.6 is 0 Å². The zero-order valence-corrected chi connectivity index (χ0v) is 83.7. The number of pyridine rings is 4. The van der Waals surface area contributed by atoms with Crippen LogP contribution in [0.3, 0.4) is 0 Å². The number of benzene rings is 2. The van der Waals surface area contributed by atoms with Crippen molar-refractivity contribution in [3.63, 3.8) is 0 Å². The van der Waals surface area contributed by atoms with Crippen LogP contribution in [-0.2, 0) is 112 Å². The van der Waals surface area contributed by atoms with Crippen molar-refractivity contribution < 1.29 is 61.2 Å². The number of aryl methyl sites for hydroxylation is 4. The summed E-state index contributed by atoms with van der Waals surface area (Å²) in [4.78, 5) is 95.5. The van der Waals surface area contributed by atoms with Crippen LogP contribution in [0.1, 0.15) is 193 Å². The lowest BCUT2D eigenvalue weighted by molar-refractivity contribution is -0.130. The average Bonchev–Trinajstić information content (AvgIpc) is 1.61. The van der Waals surface area contributed by atoms with Crippen molar-refractivity contribution >= 4 is 75.7 Å². The number of nitrogens with one attached hydrogen (secondary N) is 2. The fraction of sp³-hybridized carbons (Fsp3) is 0.472. The number of nitrogens with zero attached hydrogens (tertiary/aromatic N) is 25. The summed E-state index contributed by atoms with van der Waals surface area (Å²) in [6.45, 7) is 19.4. The number of aromatic nitrogens is 16. The van der Waals surface area contributed by atoms with Gasteiger partial charge in [-0.2, -0.15) is 35.9 Å². The van der Waals surface area contributed by atoms with E-state index in [9.17, 15) is 38.0 Å². The number of rotatable bonds is 14. The minimum atomic E-state index is -2.67. The second kappa shape index (κ2) is 42.6. The van der Waals surface area contributed by atoms with Gasteiger partial charge in [-0.05, 0) is 142 Å². The van der Waals surface area contributed by atoms with Gasteiger partial charge in [0, 0.05) is 288 Å². The van der Waals surface area contributed by atoms with E-state index in [1.165, 1.54) is 34.3 Å². The summed E-state index contributed by atoms with van der Waals surface area (Å²) in [5.74, 6) is 4.79. The first-order valence-electron chi connectivity index (χ1n) is 51.1. The van der Waals surface area contributed by atoms with Gasteiger partial charge in [0.2, 0.25) is 17.7 Å². The highest BCUT2D eigenvalue weighted by atomic mass is 19.3. The molecule has 40 heteroatoms. The molecule has 10 aromatic heterocycles. The van der Waals surface area contributed by atoms with E-state index in [2.05, 4.69) is 82.4 Å². The number of alkyl halides is 2. The van der Waals surface area contributed by atoms with Gasteiger partial charge >= 0.3 is 6.03 Å². The predicted molar refractivity (Wildman–Crippen MR) is 539 cm³/mol. The Morgan fingerprint density at radius 3 is 1.31 bits per heavy atom. The van der Waals surface area contributed by atoms with Crippen molar-refractivity contribution in [1.29, 1.82) is 5.26 Å². The van der Waals surface area contributed by atoms with E-state index in [0.29, 0.717) is 143 Å². The van der Waals surface area contributed by atoms with Crippen molar-refractivity contribution in [2.75, 3.05) is 152 Å². The molecule has 762 valence electrons. The van der Waals surface area contributed by atoms with Gasteiger partial charge in [0.15, 0.2) is 23.3 Å². The normalized spacial score (nSPS) is 17.9. The van der Waals surface area contributed by atoms with E-state index >= 15 is 0 Å². The minimum Gasteiger partial charge on any atom is -0.490 e. The first-order chi connectivity index (χ1) is 71.2. The summed E-state index contributed by atoms with van der Waals surface area (Å²) < 4.78 is 75.2. The predicted octanol–water partition coefficient (Wildman–Crippen LogP) is 13.5. The molecule has 22 heterocycles. The van der Waals surface area contributed by atoms with Crippen molar-refractivity contribution in [2.24, 2.45) is 14.1 Å². The highest BCUT2D eigenvalue weighted by Gasteiger charge is 2.42. The molecule has 24 rings (SSSR count). The highest BCUT2D eigenvalue weighted by molar-refractivity contribution is 5.92. The number of carbonyl (C=O) groups excluding carboxylic acids is 5. The Labute approximate surface area is 844 Å².